The van der Waals surface area contributed by atoms with Gasteiger partial charge in [0.2, 0.25) is 0 Å². The molecule has 21 heavy (non-hydrogen) atoms. The van der Waals surface area contributed by atoms with Crippen LogP contribution >= 0.6 is 11.8 Å². The molecule has 0 saturated heterocycles. The monoisotopic (exact) mass is 298 g/mol. The smallest absolute Gasteiger partial charge is 0.316 e. The van der Waals surface area contributed by atoms with Crippen molar-refractivity contribution in [2.24, 2.45) is 5.73 Å². The summed E-state index contributed by atoms with van der Waals surface area (Å²) >= 11 is 1.59. The lowest BCUT2D eigenvalue weighted by Gasteiger charge is -2.05. The van der Waals surface area contributed by atoms with Crippen LogP contribution in [0.2, 0.25) is 0 Å². The fourth-order valence-corrected chi connectivity index (χ4v) is 2.78. The van der Waals surface area contributed by atoms with Gasteiger partial charge in [-0.3, -0.25) is 0 Å². The van der Waals surface area contributed by atoms with Gasteiger partial charge in [-0.2, -0.15) is 5.10 Å². The third-order valence-corrected chi connectivity index (χ3v) is 3.80. The van der Waals surface area contributed by atoms with Crippen molar-refractivity contribution in [3.63, 3.8) is 0 Å². The Hall–Kier alpha value is -2.47. The Balaban J connectivity index is 2.21. The molecule has 106 valence electrons. The van der Waals surface area contributed by atoms with Crippen LogP contribution in [0.1, 0.15) is 0 Å². The number of benzene rings is 2. The number of hydrogen-bond acceptors (Lipinski definition) is 3. The number of primary amides is 1. The van der Waals surface area contributed by atoms with Crippen LogP contribution in [0.3, 0.4) is 0 Å². The number of nitrogens with zero attached hydrogens (tertiary/aromatic N) is 2. The van der Waals surface area contributed by atoms with Crippen molar-refractivity contribution in [1.29, 1.82) is 0 Å². The Morgan fingerprint density at radius 3 is 2.67 bits per heavy atom. The van der Waals surface area contributed by atoms with Crippen LogP contribution < -0.4 is 11.1 Å². The Kier molecular flexibility index (Phi) is 3.53. The van der Waals surface area contributed by atoms with Crippen molar-refractivity contribution >= 4 is 34.4 Å². The van der Waals surface area contributed by atoms with Crippen molar-refractivity contribution in [3.8, 4) is 5.69 Å². The van der Waals surface area contributed by atoms with Crippen molar-refractivity contribution in [2.75, 3.05) is 11.6 Å². The maximum atomic E-state index is 11.0. The number of aromatic nitrogens is 2. The summed E-state index contributed by atoms with van der Waals surface area (Å²) in [5.41, 5.74) is 7.72. The standard InChI is InChI=1S/C15H14N4OS/c1-21-14-12-8-7-10(17-15(16)20)9-13(12)19(18-14)11-5-3-2-4-6-11/h2-9H,1H3,(H3,16,17,20). The Bertz CT molecular complexity index is 798. The number of hydrogen-bond donors (Lipinski definition) is 2. The first-order valence-corrected chi connectivity index (χ1v) is 7.60. The zero-order valence-electron chi connectivity index (χ0n) is 11.4. The van der Waals surface area contributed by atoms with E-state index in [9.17, 15) is 4.79 Å². The molecule has 3 rings (SSSR count). The second-order valence-corrected chi connectivity index (χ2v) is 5.27. The number of carbonyl (C=O) groups is 1. The van der Waals surface area contributed by atoms with Crippen LogP contribution in [-0.2, 0) is 0 Å². The number of fused-ring (bicyclic) bond motifs is 1. The average molecular weight is 298 g/mol. The maximum Gasteiger partial charge on any atom is 0.316 e. The highest BCUT2D eigenvalue weighted by atomic mass is 32.2. The second-order valence-electron chi connectivity index (χ2n) is 4.48. The molecule has 3 aromatic rings. The largest absolute Gasteiger partial charge is 0.351 e. The van der Waals surface area contributed by atoms with E-state index in [2.05, 4.69) is 10.4 Å². The maximum absolute atomic E-state index is 11.0. The van der Waals surface area contributed by atoms with Crippen LogP contribution in [0, 0.1) is 0 Å². The number of rotatable bonds is 3. The topological polar surface area (TPSA) is 72.9 Å². The predicted molar refractivity (Wildman–Crippen MR) is 86.1 cm³/mol. The van der Waals surface area contributed by atoms with Crippen LogP contribution in [0.4, 0.5) is 10.5 Å². The number of para-hydroxylation sites is 1. The summed E-state index contributed by atoms with van der Waals surface area (Å²) in [4.78, 5) is 11.0. The predicted octanol–water partition coefficient (Wildman–Crippen LogP) is 3.24. The zero-order valence-corrected chi connectivity index (χ0v) is 12.2. The summed E-state index contributed by atoms with van der Waals surface area (Å²) in [5.74, 6) is 0. The molecule has 5 nitrogen and oxygen atoms in total. The highest BCUT2D eigenvalue weighted by Gasteiger charge is 2.12. The molecule has 0 aliphatic heterocycles. The fraction of sp³-hybridized carbons (Fsp3) is 0.0667. The molecule has 2 aromatic carbocycles. The summed E-state index contributed by atoms with van der Waals surface area (Å²) < 4.78 is 1.87. The van der Waals surface area contributed by atoms with Crippen molar-refractivity contribution < 1.29 is 4.79 Å². The fourth-order valence-electron chi connectivity index (χ4n) is 2.22. The molecule has 1 aromatic heterocycles. The Morgan fingerprint density at radius 2 is 2.00 bits per heavy atom. The van der Waals surface area contributed by atoms with Gasteiger partial charge >= 0.3 is 6.03 Å². The lowest BCUT2D eigenvalue weighted by atomic mass is 10.2. The van der Waals surface area contributed by atoms with E-state index in [0.717, 1.165) is 21.6 Å². The molecule has 0 aliphatic rings. The third kappa shape index (κ3) is 2.57. The lowest BCUT2D eigenvalue weighted by molar-refractivity contribution is 0.259. The highest BCUT2D eigenvalue weighted by Crippen LogP contribution is 2.29. The van der Waals surface area contributed by atoms with Crippen LogP contribution in [-0.4, -0.2) is 22.1 Å². The van der Waals surface area contributed by atoms with Gasteiger partial charge in [-0.15, -0.1) is 11.8 Å². The van der Waals surface area contributed by atoms with Crippen molar-refractivity contribution in [3.05, 3.63) is 48.5 Å². The molecule has 0 spiro atoms. The minimum Gasteiger partial charge on any atom is -0.351 e. The van der Waals surface area contributed by atoms with Crippen molar-refractivity contribution in [1.82, 2.24) is 9.78 Å². The van der Waals surface area contributed by atoms with Gasteiger partial charge < -0.3 is 11.1 Å². The van der Waals surface area contributed by atoms with Crippen molar-refractivity contribution in [2.45, 2.75) is 5.03 Å². The van der Waals surface area contributed by atoms with Gasteiger partial charge in [0.15, 0.2) is 0 Å². The van der Waals surface area contributed by atoms with Gasteiger partial charge in [0.1, 0.15) is 5.03 Å². The highest BCUT2D eigenvalue weighted by molar-refractivity contribution is 7.98. The molecule has 6 heteroatoms. The number of urea groups is 1. The molecule has 0 unspecified atom stereocenters. The molecule has 0 bridgehead atoms. The first kappa shape index (κ1) is 13.5. The van der Waals surface area contributed by atoms with Crippen LogP contribution in [0.25, 0.3) is 16.6 Å². The van der Waals surface area contributed by atoms with E-state index >= 15 is 0 Å². The first-order chi connectivity index (χ1) is 10.2. The van der Waals surface area contributed by atoms with Crippen LogP contribution in [0.5, 0.6) is 0 Å². The SMILES string of the molecule is CSc1nn(-c2ccccc2)c2cc(NC(N)=O)ccc12. The summed E-state index contributed by atoms with van der Waals surface area (Å²) in [7, 11) is 0. The van der Waals surface area contributed by atoms with E-state index in [0.29, 0.717) is 5.69 Å². The molecular formula is C15H14N4OS. The molecule has 0 fully saturated rings. The minimum atomic E-state index is -0.579. The number of thioether (sulfide) groups is 1. The number of carbonyl (C=O) groups excluding carboxylic acids is 1. The van der Waals surface area contributed by atoms with E-state index in [1.165, 1.54) is 0 Å². The molecular weight excluding hydrogens is 284 g/mol. The lowest BCUT2D eigenvalue weighted by Crippen LogP contribution is -2.19. The molecule has 0 saturated carbocycles. The average Bonchev–Trinajstić information content (AvgIpc) is 2.85. The third-order valence-electron chi connectivity index (χ3n) is 3.11. The molecule has 0 aliphatic carbocycles. The van der Waals surface area contributed by atoms with E-state index in [1.807, 2.05) is 59.5 Å². The Morgan fingerprint density at radius 1 is 1.24 bits per heavy atom. The van der Waals surface area contributed by atoms with Gasteiger partial charge in [-0.25, -0.2) is 9.48 Å². The molecule has 2 amide bonds. The normalized spacial score (nSPS) is 10.7. The van der Waals surface area contributed by atoms with Crippen LogP contribution in [0.15, 0.2) is 53.6 Å². The molecule has 0 radical (unpaired) electrons. The molecule has 1 heterocycles. The number of nitrogens with two attached hydrogens (primary N) is 1. The summed E-state index contributed by atoms with van der Waals surface area (Å²) in [6.07, 6.45) is 1.99. The van der Waals surface area contributed by atoms with Gasteiger partial charge in [-0.05, 0) is 36.6 Å². The number of anilines is 1. The summed E-state index contributed by atoms with van der Waals surface area (Å²) in [6, 6.07) is 14.9. The van der Waals surface area contributed by atoms with E-state index in [-0.39, 0.29) is 0 Å². The quantitative estimate of drug-likeness (QED) is 0.729. The van der Waals surface area contributed by atoms with E-state index in [4.69, 9.17) is 5.73 Å². The number of amides is 2. The zero-order chi connectivity index (χ0) is 14.8. The molecule has 3 N–H and O–H groups in total. The van der Waals surface area contributed by atoms with Gasteiger partial charge in [-0.1, -0.05) is 18.2 Å². The van der Waals surface area contributed by atoms with Gasteiger partial charge in [0.05, 0.1) is 11.2 Å². The second kappa shape index (κ2) is 5.49. The van der Waals surface area contributed by atoms with E-state index in [1.54, 1.807) is 11.8 Å². The van der Waals surface area contributed by atoms with Gasteiger partial charge in [0.25, 0.3) is 0 Å². The molecule has 0 atom stereocenters. The van der Waals surface area contributed by atoms with Gasteiger partial charge in [0, 0.05) is 11.1 Å². The summed E-state index contributed by atoms with van der Waals surface area (Å²) in [5, 5.41) is 9.21. The number of nitrogens with one attached hydrogen (secondary N) is 1. The minimum absolute atomic E-state index is 0.579. The summed E-state index contributed by atoms with van der Waals surface area (Å²) in [6.45, 7) is 0. The first-order valence-electron chi connectivity index (χ1n) is 6.37. The van der Waals surface area contributed by atoms with E-state index < -0.39 is 6.03 Å². The Labute approximate surface area is 126 Å².